The number of carbonyl (C=O) groups is 1. The van der Waals surface area contributed by atoms with Gasteiger partial charge in [0.2, 0.25) is 5.91 Å². The van der Waals surface area contributed by atoms with E-state index in [9.17, 15) is 4.79 Å². The van der Waals surface area contributed by atoms with Crippen molar-refractivity contribution in [3.05, 3.63) is 16.1 Å². The van der Waals surface area contributed by atoms with Crippen LogP contribution in [0.25, 0.3) is 0 Å². The predicted octanol–water partition coefficient (Wildman–Crippen LogP) is 2.43. The number of carbonyl (C=O) groups excluding carboxylic acids is 1. The zero-order valence-electron chi connectivity index (χ0n) is 12.1. The van der Waals surface area contributed by atoms with E-state index in [0.717, 1.165) is 51.6 Å². The summed E-state index contributed by atoms with van der Waals surface area (Å²) in [4.78, 5) is 20.4. The molecule has 1 atom stereocenters. The SMILES string of the molecule is Cc1cnc([C@@H]2CCCN(C(=O)C3(N)CCCC3)C2)s1. The number of hydrogen-bond acceptors (Lipinski definition) is 4. The molecule has 2 N–H and O–H groups in total. The molecule has 2 aliphatic rings. The van der Waals surface area contributed by atoms with Gasteiger partial charge in [0, 0.05) is 30.1 Å². The molecule has 0 radical (unpaired) electrons. The molecule has 0 bridgehead atoms. The molecule has 0 aromatic carbocycles. The highest BCUT2D eigenvalue weighted by Crippen LogP contribution is 2.33. The van der Waals surface area contributed by atoms with Gasteiger partial charge in [-0.15, -0.1) is 11.3 Å². The number of aromatic nitrogens is 1. The van der Waals surface area contributed by atoms with Crippen LogP contribution >= 0.6 is 11.3 Å². The molecule has 0 spiro atoms. The Labute approximate surface area is 124 Å². The van der Waals surface area contributed by atoms with Gasteiger partial charge < -0.3 is 10.6 Å². The van der Waals surface area contributed by atoms with Gasteiger partial charge in [0.15, 0.2) is 0 Å². The van der Waals surface area contributed by atoms with E-state index in [2.05, 4.69) is 11.9 Å². The number of amides is 1. The number of rotatable bonds is 2. The Morgan fingerprint density at radius 2 is 2.20 bits per heavy atom. The molecule has 110 valence electrons. The van der Waals surface area contributed by atoms with Crippen molar-refractivity contribution in [3.63, 3.8) is 0 Å². The minimum Gasteiger partial charge on any atom is -0.340 e. The van der Waals surface area contributed by atoms with Gasteiger partial charge in [-0.2, -0.15) is 0 Å². The maximum atomic E-state index is 12.7. The lowest BCUT2D eigenvalue weighted by molar-refractivity contribution is -0.138. The summed E-state index contributed by atoms with van der Waals surface area (Å²) in [5.41, 5.74) is 5.73. The standard InChI is InChI=1S/C15H23N3OS/c1-11-9-17-13(20-11)12-5-4-8-18(10-12)14(19)15(16)6-2-3-7-15/h9,12H,2-8,10,16H2,1H3/t12-/m1/s1. The second-order valence-corrected chi connectivity index (χ2v) is 7.53. The van der Waals surface area contributed by atoms with Crippen LogP contribution in [0.15, 0.2) is 6.20 Å². The van der Waals surface area contributed by atoms with Crippen molar-refractivity contribution in [2.45, 2.75) is 56.9 Å². The van der Waals surface area contributed by atoms with Crippen molar-refractivity contribution in [3.8, 4) is 0 Å². The van der Waals surface area contributed by atoms with Crippen molar-refractivity contribution in [1.82, 2.24) is 9.88 Å². The lowest BCUT2D eigenvalue weighted by Crippen LogP contribution is -2.55. The highest BCUT2D eigenvalue weighted by molar-refractivity contribution is 7.11. The third kappa shape index (κ3) is 2.61. The summed E-state index contributed by atoms with van der Waals surface area (Å²) in [7, 11) is 0. The van der Waals surface area contributed by atoms with Crippen LogP contribution in [-0.4, -0.2) is 34.4 Å². The normalized spacial score (nSPS) is 25.9. The number of nitrogens with two attached hydrogens (primary N) is 1. The molecule has 20 heavy (non-hydrogen) atoms. The first kappa shape index (κ1) is 14.0. The summed E-state index contributed by atoms with van der Waals surface area (Å²) in [5, 5.41) is 1.18. The first-order valence-electron chi connectivity index (χ1n) is 7.59. The molecule has 2 fully saturated rings. The van der Waals surface area contributed by atoms with Crippen molar-refractivity contribution >= 4 is 17.2 Å². The molecule has 4 nitrogen and oxygen atoms in total. The number of piperidine rings is 1. The maximum Gasteiger partial charge on any atom is 0.242 e. The molecule has 0 unspecified atom stereocenters. The largest absolute Gasteiger partial charge is 0.340 e. The molecule has 3 rings (SSSR count). The van der Waals surface area contributed by atoms with E-state index in [1.54, 1.807) is 11.3 Å². The summed E-state index contributed by atoms with van der Waals surface area (Å²) in [5.74, 6) is 0.574. The van der Waals surface area contributed by atoms with Crippen molar-refractivity contribution in [2.24, 2.45) is 5.73 Å². The molecule has 1 aromatic rings. The summed E-state index contributed by atoms with van der Waals surface area (Å²) in [6.07, 6.45) is 8.00. The molecule has 1 saturated carbocycles. The van der Waals surface area contributed by atoms with Gasteiger partial charge in [0.1, 0.15) is 0 Å². The minimum atomic E-state index is -0.583. The molecule has 1 aliphatic carbocycles. The summed E-state index contributed by atoms with van der Waals surface area (Å²) in [6, 6.07) is 0. The van der Waals surface area contributed by atoms with Crippen LogP contribution in [0.1, 0.15) is 54.3 Å². The Hall–Kier alpha value is -0.940. The van der Waals surface area contributed by atoms with Gasteiger partial charge in [-0.1, -0.05) is 12.8 Å². The average molecular weight is 293 g/mol. The number of aryl methyl sites for hydroxylation is 1. The topological polar surface area (TPSA) is 59.2 Å². The fourth-order valence-electron chi connectivity index (χ4n) is 3.46. The van der Waals surface area contributed by atoms with Crippen molar-refractivity contribution in [2.75, 3.05) is 13.1 Å². The van der Waals surface area contributed by atoms with E-state index in [-0.39, 0.29) is 5.91 Å². The van der Waals surface area contributed by atoms with Gasteiger partial charge in [-0.25, -0.2) is 4.98 Å². The van der Waals surface area contributed by atoms with Crippen LogP contribution in [0, 0.1) is 6.92 Å². The molecule has 1 saturated heterocycles. The van der Waals surface area contributed by atoms with E-state index in [1.807, 2.05) is 11.1 Å². The summed E-state index contributed by atoms with van der Waals surface area (Å²) >= 11 is 1.76. The Morgan fingerprint density at radius 3 is 2.85 bits per heavy atom. The number of likely N-dealkylation sites (tertiary alicyclic amines) is 1. The molecule has 1 aliphatic heterocycles. The fourth-order valence-corrected chi connectivity index (χ4v) is 4.36. The Bertz CT molecular complexity index is 493. The highest BCUT2D eigenvalue weighted by Gasteiger charge is 2.41. The fraction of sp³-hybridized carbons (Fsp3) is 0.733. The van der Waals surface area contributed by atoms with E-state index in [0.29, 0.717) is 5.92 Å². The Kier molecular flexibility index (Phi) is 3.82. The lowest BCUT2D eigenvalue weighted by atomic mass is 9.93. The minimum absolute atomic E-state index is 0.174. The number of nitrogens with zero attached hydrogens (tertiary/aromatic N) is 2. The summed E-state index contributed by atoms with van der Waals surface area (Å²) < 4.78 is 0. The van der Waals surface area contributed by atoms with Crippen LogP contribution in [0.3, 0.4) is 0 Å². The third-order valence-electron chi connectivity index (χ3n) is 4.62. The van der Waals surface area contributed by atoms with Crippen LogP contribution in [0.2, 0.25) is 0 Å². The van der Waals surface area contributed by atoms with Crippen LogP contribution in [0.4, 0.5) is 0 Å². The highest BCUT2D eigenvalue weighted by atomic mass is 32.1. The quantitative estimate of drug-likeness (QED) is 0.911. The first-order valence-corrected chi connectivity index (χ1v) is 8.41. The monoisotopic (exact) mass is 293 g/mol. The Balaban J connectivity index is 1.70. The van der Waals surface area contributed by atoms with Crippen molar-refractivity contribution in [1.29, 1.82) is 0 Å². The maximum absolute atomic E-state index is 12.7. The zero-order chi connectivity index (χ0) is 14.2. The van der Waals surface area contributed by atoms with Gasteiger partial charge in [0.25, 0.3) is 0 Å². The van der Waals surface area contributed by atoms with E-state index >= 15 is 0 Å². The zero-order valence-corrected chi connectivity index (χ0v) is 12.9. The van der Waals surface area contributed by atoms with Gasteiger partial charge in [-0.05, 0) is 32.6 Å². The average Bonchev–Trinajstić information content (AvgIpc) is 3.08. The molecular weight excluding hydrogens is 270 g/mol. The van der Waals surface area contributed by atoms with Crippen LogP contribution in [0.5, 0.6) is 0 Å². The van der Waals surface area contributed by atoms with Crippen molar-refractivity contribution < 1.29 is 4.79 Å². The predicted molar refractivity (Wildman–Crippen MR) is 80.8 cm³/mol. The Morgan fingerprint density at radius 1 is 1.45 bits per heavy atom. The smallest absolute Gasteiger partial charge is 0.242 e. The summed E-state index contributed by atoms with van der Waals surface area (Å²) in [6.45, 7) is 3.74. The van der Waals surface area contributed by atoms with E-state index < -0.39 is 5.54 Å². The molecular formula is C15H23N3OS. The van der Waals surface area contributed by atoms with E-state index in [4.69, 9.17) is 5.73 Å². The first-order chi connectivity index (χ1) is 9.58. The second kappa shape index (κ2) is 5.45. The van der Waals surface area contributed by atoms with Crippen LogP contribution in [-0.2, 0) is 4.79 Å². The van der Waals surface area contributed by atoms with E-state index in [1.165, 1.54) is 9.88 Å². The van der Waals surface area contributed by atoms with Crippen LogP contribution < -0.4 is 5.73 Å². The van der Waals surface area contributed by atoms with Gasteiger partial charge in [-0.3, -0.25) is 4.79 Å². The molecule has 1 aromatic heterocycles. The lowest BCUT2D eigenvalue weighted by Gasteiger charge is -2.36. The third-order valence-corrected chi connectivity index (χ3v) is 5.69. The molecule has 1 amide bonds. The number of thiazole rings is 1. The number of hydrogen-bond donors (Lipinski definition) is 1. The molecule has 5 heteroatoms. The molecule has 2 heterocycles. The van der Waals surface area contributed by atoms with Gasteiger partial charge >= 0.3 is 0 Å². The second-order valence-electron chi connectivity index (χ2n) is 6.26. The van der Waals surface area contributed by atoms with Gasteiger partial charge in [0.05, 0.1) is 10.5 Å².